The Morgan fingerprint density at radius 2 is 0.956 bits per heavy atom. The highest BCUT2D eigenvalue weighted by Gasteiger charge is 2.19. The fraction of sp³-hybridized carbons (Fsp3) is 0. The van der Waals surface area contributed by atoms with Crippen LogP contribution in [-0.4, -0.2) is 0 Å². The van der Waals surface area contributed by atoms with Crippen LogP contribution in [0.15, 0.2) is 174 Å². The molecule has 210 valence electrons. The molecule has 8 aromatic carbocycles. The smallest absolute Gasteiger partial charge is 0.136 e. The van der Waals surface area contributed by atoms with Gasteiger partial charge in [-0.1, -0.05) is 145 Å². The molecule has 0 spiro atoms. The molecule has 0 aliphatic rings. The van der Waals surface area contributed by atoms with Crippen LogP contribution in [0.1, 0.15) is 15.1 Å². The number of rotatable bonds is 4. The van der Waals surface area contributed by atoms with Crippen LogP contribution in [0.3, 0.4) is 0 Å². The standard InChI is InChI=1S/C44H28O/c1-3-13-29(14-4-1)31-24-26-41-40(27-31)34-25-23-32(28-42(34)45-41)43-36-19-9-11-21-38(36)44(39-22-12-10-20-37(39)43)35-18-8-7-17-33(35)30-15-5-2-6-16-30/h1-28H/i2D,5D,6D,15D,16D,23D,24D,25D,26D,27D,28D. The van der Waals surface area contributed by atoms with Crippen molar-refractivity contribution in [3.63, 3.8) is 0 Å². The summed E-state index contributed by atoms with van der Waals surface area (Å²) in [5.41, 5.74) is 3.03. The molecule has 1 aromatic heterocycles. The van der Waals surface area contributed by atoms with Gasteiger partial charge in [-0.05, 0) is 90.2 Å². The van der Waals surface area contributed by atoms with Crippen molar-refractivity contribution in [2.75, 3.05) is 0 Å². The summed E-state index contributed by atoms with van der Waals surface area (Å²) in [5.74, 6) is 0. The summed E-state index contributed by atoms with van der Waals surface area (Å²) in [6.45, 7) is 0. The Labute approximate surface area is 277 Å². The van der Waals surface area contributed by atoms with Crippen molar-refractivity contribution in [2.24, 2.45) is 0 Å². The largest absolute Gasteiger partial charge is 0.456 e. The topological polar surface area (TPSA) is 13.1 Å². The summed E-state index contributed by atoms with van der Waals surface area (Å²) in [7, 11) is 0. The second kappa shape index (κ2) is 10.4. The van der Waals surface area contributed by atoms with Crippen LogP contribution in [0.2, 0.25) is 0 Å². The molecule has 1 nitrogen and oxygen atoms in total. The maximum absolute atomic E-state index is 9.62. The Balaban J connectivity index is 1.39. The van der Waals surface area contributed by atoms with Gasteiger partial charge in [0, 0.05) is 10.8 Å². The molecular formula is C44H28O. The van der Waals surface area contributed by atoms with Crippen LogP contribution >= 0.6 is 0 Å². The monoisotopic (exact) mass is 583 g/mol. The van der Waals surface area contributed by atoms with Crippen LogP contribution in [0.4, 0.5) is 0 Å². The second-order valence-electron chi connectivity index (χ2n) is 10.8. The molecule has 0 radical (unpaired) electrons. The van der Waals surface area contributed by atoms with Gasteiger partial charge in [-0.3, -0.25) is 0 Å². The van der Waals surface area contributed by atoms with Gasteiger partial charge in [0.05, 0.1) is 15.1 Å². The van der Waals surface area contributed by atoms with Crippen LogP contribution in [0.5, 0.6) is 0 Å². The van der Waals surface area contributed by atoms with Crippen molar-refractivity contribution >= 4 is 43.5 Å². The lowest BCUT2D eigenvalue weighted by Gasteiger charge is -2.19. The van der Waals surface area contributed by atoms with Crippen LogP contribution in [0.25, 0.3) is 88.0 Å². The lowest BCUT2D eigenvalue weighted by molar-refractivity contribution is 0.669. The first-order valence-corrected chi connectivity index (χ1v) is 14.6. The molecule has 9 rings (SSSR count). The van der Waals surface area contributed by atoms with Gasteiger partial charge in [-0.2, -0.15) is 0 Å². The van der Waals surface area contributed by atoms with E-state index >= 15 is 0 Å². The van der Waals surface area contributed by atoms with E-state index in [1.54, 1.807) is 36.4 Å². The summed E-state index contributed by atoms with van der Waals surface area (Å²) >= 11 is 0. The zero-order valence-electron chi connectivity index (χ0n) is 34.7. The highest BCUT2D eigenvalue weighted by molar-refractivity contribution is 6.23. The number of hydrogen-bond donors (Lipinski definition) is 0. The van der Waals surface area contributed by atoms with E-state index in [-0.39, 0.29) is 87.0 Å². The number of furan rings is 1. The molecule has 0 unspecified atom stereocenters. The molecule has 0 saturated carbocycles. The lowest BCUT2D eigenvalue weighted by Crippen LogP contribution is -1.92. The number of benzene rings is 8. The van der Waals surface area contributed by atoms with E-state index in [9.17, 15) is 5.48 Å². The third-order valence-corrected chi connectivity index (χ3v) is 8.22. The minimum atomic E-state index is -0.483. The normalized spacial score (nSPS) is 15.0. The summed E-state index contributed by atoms with van der Waals surface area (Å²) < 4.78 is 104. The van der Waals surface area contributed by atoms with Gasteiger partial charge in [-0.15, -0.1) is 0 Å². The van der Waals surface area contributed by atoms with E-state index in [0.29, 0.717) is 49.4 Å². The van der Waals surface area contributed by atoms with Crippen molar-refractivity contribution < 1.29 is 19.5 Å². The Morgan fingerprint density at radius 3 is 1.67 bits per heavy atom. The maximum Gasteiger partial charge on any atom is 0.136 e. The first-order chi connectivity index (χ1) is 26.9. The molecular weight excluding hydrogens is 544 g/mol. The Hall–Kier alpha value is -5.92. The molecule has 1 heteroatoms. The van der Waals surface area contributed by atoms with E-state index < -0.39 is 18.1 Å². The average molecular weight is 584 g/mol. The molecule has 0 bridgehead atoms. The summed E-state index contributed by atoms with van der Waals surface area (Å²) in [4.78, 5) is 0. The van der Waals surface area contributed by atoms with Gasteiger partial charge in [0.1, 0.15) is 11.2 Å². The predicted octanol–water partition coefficient (Wildman–Crippen LogP) is 12.6. The van der Waals surface area contributed by atoms with Gasteiger partial charge < -0.3 is 4.42 Å². The van der Waals surface area contributed by atoms with Crippen molar-refractivity contribution in [1.29, 1.82) is 0 Å². The molecule has 0 aliphatic heterocycles. The first-order valence-electron chi connectivity index (χ1n) is 20.1. The van der Waals surface area contributed by atoms with Gasteiger partial charge in [0.25, 0.3) is 0 Å². The van der Waals surface area contributed by atoms with Crippen molar-refractivity contribution in [1.82, 2.24) is 0 Å². The summed E-state index contributed by atoms with van der Waals surface area (Å²) in [5, 5.41) is 2.83. The first kappa shape index (κ1) is 16.8. The van der Waals surface area contributed by atoms with E-state index in [0.717, 1.165) is 0 Å². The van der Waals surface area contributed by atoms with Gasteiger partial charge in [0.2, 0.25) is 0 Å². The zero-order valence-corrected chi connectivity index (χ0v) is 23.7. The average Bonchev–Trinajstić information content (AvgIpc) is 3.63. The predicted molar refractivity (Wildman–Crippen MR) is 190 cm³/mol. The molecule has 0 aliphatic carbocycles. The third-order valence-electron chi connectivity index (χ3n) is 8.22. The minimum absolute atomic E-state index is 0.0622. The van der Waals surface area contributed by atoms with Crippen LogP contribution < -0.4 is 0 Å². The van der Waals surface area contributed by atoms with Crippen LogP contribution in [0, 0.1) is 0 Å². The van der Waals surface area contributed by atoms with Crippen molar-refractivity contribution in [3.05, 3.63) is 170 Å². The van der Waals surface area contributed by atoms with E-state index in [4.69, 9.17) is 14.0 Å². The van der Waals surface area contributed by atoms with Crippen LogP contribution in [-0.2, 0) is 0 Å². The quantitative estimate of drug-likeness (QED) is 0.188. The number of hydrogen-bond acceptors (Lipinski definition) is 1. The Bertz CT molecular complexity index is 3070. The molecule has 0 fully saturated rings. The Morgan fingerprint density at radius 1 is 0.356 bits per heavy atom. The number of fused-ring (bicyclic) bond motifs is 5. The van der Waals surface area contributed by atoms with E-state index in [1.165, 1.54) is 0 Å². The molecule has 0 N–H and O–H groups in total. The summed E-state index contributed by atoms with van der Waals surface area (Å²) in [6.07, 6.45) is 0. The molecule has 9 aromatic rings. The maximum atomic E-state index is 9.62. The van der Waals surface area contributed by atoms with Crippen molar-refractivity contribution in [3.8, 4) is 44.5 Å². The third kappa shape index (κ3) is 4.17. The fourth-order valence-electron chi connectivity index (χ4n) is 6.26. The second-order valence-corrected chi connectivity index (χ2v) is 10.8. The van der Waals surface area contributed by atoms with E-state index in [2.05, 4.69) is 0 Å². The molecule has 0 saturated heterocycles. The minimum Gasteiger partial charge on any atom is -0.456 e. The SMILES string of the molecule is [2H]c1c([2H])c([2H])c(-c2ccccc2-c2c3ccccc3c(-c3c([2H])c([2H])c4c(oc5c([2H])c([2H])c(-c6ccccc6)c([2H])c54)c3[2H])c3ccccc23)c([2H])c1[2H]. The van der Waals surface area contributed by atoms with Gasteiger partial charge in [-0.25, -0.2) is 0 Å². The molecule has 0 atom stereocenters. The zero-order chi connectivity index (χ0) is 39.3. The van der Waals surface area contributed by atoms with Crippen molar-refractivity contribution in [2.45, 2.75) is 0 Å². The van der Waals surface area contributed by atoms with E-state index in [1.807, 2.05) is 66.7 Å². The fourth-order valence-corrected chi connectivity index (χ4v) is 6.26. The lowest BCUT2D eigenvalue weighted by atomic mass is 9.84. The van der Waals surface area contributed by atoms with Gasteiger partial charge >= 0.3 is 0 Å². The van der Waals surface area contributed by atoms with Gasteiger partial charge in [0.15, 0.2) is 0 Å². The highest BCUT2D eigenvalue weighted by atomic mass is 16.3. The molecule has 0 amide bonds. The molecule has 1 heterocycles. The Kier molecular flexibility index (Phi) is 3.87. The molecule has 45 heavy (non-hydrogen) atoms. The summed E-state index contributed by atoms with van der Waals surface area (Å²) in [6, 6.07) is 27.5. The highest BCUT2D eigenvalue weighted by Crippen LogP contribution is 2.46.